The lowest BCUT2D eigenvalue weighted by molar-refractivity contribution is -0.142. The highest BCUT2D eigenvalue weighted by molar-refractivity contribution is 7.89. The molecule has 1 aromatic carbocycles. The van der Waals surface area contributed by atoms with E-state index in [-0.39, 0.29) is 28.6 Å². The lowest BCUT2D eigenvalue weighted by Crippen LogP contribution is -2.37. The number of nitrogens with two attached hydrogens (primary N) is 1. The zero-order valence-electron chi connectivity index (χ0n) is 19.6. The van der Waals surface area contributed by atoms with Crippen LogP contribution in [0.1, 0.15) is 27.3 Å². The van der Waals surface area contributed by atoms with Gasteiger partial charge in [-0.15, -0.1) is 10.2 Å². The number of anilines is 1. The van der Waals surface area contributed by atoms with Crippen LogP contribution in [-0.4, -0.2) is 49.4 Å². The Balaban J connectivity index is 2.00. The van der Waals surface area contributed by atoms with E-state index in [0.29, 0.717) is 0 Å². The van der Waals surface area contributed by atoms with Gasteiger partial charge < -0.3 is 20.3 Å². The summed E-state index contributed by atoms with van der Waals surface area (Å²) >= 11 is -1.96. The summed E-state index contributed by atoms with van der Waals surface area (Å²) in [6.07, 6.45) is -4.92. The van der Waals surface area contributed by atoms with Crippen LogP contribution in [-0.2, 0) is 22.3 Å². The monoisotopic (exact) mass is 540 g/mol. The highest BCUT2D eigenvalue weighted by Crippen LogP contribution is 2.35. The van der Waals surface area contributed by atoms with Crippen molar-refractivity contribution in [3.63, 3.8) is 0 Å². The lowest BCUT2D eigenvalue weighted by atomic mass is 10.1. The van der Waals surface area contributed by atoms with E-state index in [0.717, 1.165) is 17.3 Å². The number of aromatic nitrogens is 3. The Morgan fingerprint density at radius 3 is 2.51 bits per heavy atom. The number of benzene rings is 1. The number of ether oxygens (including phenoxy) is 1. The second-order valence-electron chi connectivity index (χ2n) is 7.50. The molecule has 0 radical (unpaired) electrons. The predicted molar refractivity (Wildman–Crippen MR) is 123 cm³/mol. The number of hydrogen-bond donors (Lipinski definition) is 2. The van der Waals surface area contributed by atoms with Crippen molar-refractivity contribution >= 4 is 28.9 Å². The molecule has 0 saturated heterocycles. The molecule has 1 atom stereocenters. The van der Waals surface area contributed by atoms with Gasteiger partial charge in [0.05, 0.1) is 19.3 Å². The Bertz CT molecular complexity index is 1340. The average molecular weight is 540 g/mol. The lowest BCUT2D eigenvalue weighted by Gasteiger charge is -2.19. The fourth-order valence-electron chi connectivity index (χ4n) is 3.09. The number of halogens is 4. The minimum Gasteiger partial charge on any atom is -0.588 e. The fourth-order valence-corrected chi connectivity index (χ4v) is 4.09. The normalized spacial score (nSPS) is 12.1. The molecule has 3 N–H and O–H groups in total. The number of likely N-dealkylation sites (N-methyl/N-ethyl adjacent to an activating group) is 1. The van der Waals surface area contributed by atoms with Crippen LogP contribution in [0.5, 0.6) is 11.6 Å². The summed E-state index contributed by atoms with van der Waals surface area (Å²) in [4.78, 5) is 28.6. The Kier molecular flexibility index (Phi) is 8.30. The maximum absolute atomic E-state index is 13.5. The topological polar surface area (TPSA) is 146 Å². The number of hydrogen-bond acceptors (Lipinski definition) is 8. The Morgan fingerprint density at radius 2 is 1.89 bits per heavy atom. The van der Waals surface area contributed by atoms with Crippen molar-refractivity contribution < 1.29 is 36.4 Å². The van der Waals surface area contributed by atoms with E-state index < -0.39 is 58.0 Å². The number of amides is 2. The van der Waals surface area contributed by atoms with Gasteiger partial charge in [0.25, 0.3) is 17.7 Å². The molecule has 196 valence electrons. The number of nitrogens with zero attached hydrogens (tertiary/aromatic N) is 4. The Morgan fingerprint density at radius 1 is 1.19 bits per heavy atom. The fraction of sp³-hybridized carbons (Fsp3) is 0.227. The third-order valence-corrected chi connectivity index (χ3v) is 6.32. The predicted octanol–water partition coefficient (Wildman–Crippen LogP) is 3.13. The van der Waals surface area contributed by atoms with Gasteiger partial charge >= 0.3 is 6.18 Å². The SMILES string of the molecule is Cc1nc(F)ccc1Oc1nnc(C(F)(F)F)c(C)c1C(=O)Nc1cccc([S+]([O-])N(C)C(=O)CN)c1. The first kappa shape index (κ1) is 27.8. The van der Waals surface area contributed by atoms with E-state index in [4.69, 9.17) is 10.5 Å². The number of aryl methyl sites for hydroxylation is 1. The molecule has 0 spiro atoms. The number of carbonyl (C=O) groups is 2. The van der Waals surface area contributed by atoms with Gasteiger partial charge in [-0.3, -0.25) is 9.59 Å². The van der Waals surface area contributed by atoms with Gasteiger partial charge in [0.1, 0.15) is 16.9 Å². The second-order valence-corrected chi connectivity index (χ2v) is 9.01. The van der Waals surface area contributed by atoms with E-state index in [1.807, 2.05) is 0 Å². The summed E-state index contributed by atoms with van der Waals surface area (Å²) in [5, 5.41) is 9.02. The van der Waals surface area contributed by atoms with Crippen molar-refractivity contribution in [1.82, 2.24) is 19.5 Å². The summed E-state index contributed by atoms with van der Waals surface area (Å²) in [5.74, 6) is -3.09. The smallest absolute Gasteiger partial charge is 0.435 e. The zero-order valence-corrected chi connectivity index (χ0v) is 20.4. The first-order chi connectivity index (χ1) is 17.3. The van der Waals surface area contributed by atoms with E-state index in [2.05, 4.69) is 20.5 Å². The third kappa shape index (κ3) is 6.31. The number of nitrogens with one attached hydrogen (secondary N) is 1. The maximum atomic E-state index is 13.5. The van der Waals surface area contributed by atoms with Crippen molar-refractivity contribution in [2.75, 3.05) is 18.9 Å². The molecular weight excluding hydrogens is 520 g/mol. The molecule has 3 rings (SSSR count). The highest BCUT2D eigenvalue weighted by atomic mass is 32.2. The van der Waals surface area contributed by atoms with Gasteiger partial charge in [-0.25, -0.2) is 4.98 Å². The average Bonchev–Trinajstić information content (AvgIpc) is 2.83. The van der Waals surface area contributed by atoms with Gasteiger partial charge in [0, 0.05) is 11.8 Å². The third-order valence-electron chi connectivity index (χ3n) is 4.96. The minimum absolute atomic E-state index is 0.0528. The number of rotatable bonds is 7. The maximum Gasteiger partial charge on any atom is 0.435 e. The molecule has 0 saturated carbocycles. The summed E-state index contributed by atoms with van der Waals surface area (Å²) in [6, 6.07) is 7.65. The van der Waals surface area contributed by atoms with E-state index in [1.165, 1.54) is 44.3 Å². The van der Waals surface area contributed by atoms with Crippen LogP contribution < -0.4 is 15.8 Å². The number of pyridine rings is 1. The van der Waals surface area contributed by atoms with Crippen molar-refractivity contribution in [3.8, 4) is 11.6 Å². The van der Waals surface area contributed by atoms with Crippen LogP contribution in [0.15, 0.2) is 41.3 Å². The van der Waals surface area contributed by atoms with Crippen LogP contribution in [0.2, 0.25) is 0 Å². The van der Waals surface area contributed by atoms with Gasteiger partial charge in [-0.1, -0.05) is 6.07 Å². The highest BCUT2D eigenvalue weighted by Gasteiger charge is 2.38. The number of carbonyl (C=O) groups excluding carboxylic acids is 2. The molecule has 2 amide bonds. The molecule has 0 aliphatic heterocycles. The van der Waals surface area contributed by atoms with E-state index >= 15 is 0 Å². The molecule has 15 heteroatoms. The van der Waals surface area contributed by atoms with Crippen molar-refractivity contribution in [1.29, 1.82) is 0 Å². The largest absolute Gasteiger partial charge is 0.588 e. The molecular formula is C22H20F4N6O4S. The summed E-state index contributed by atoms with van der Waals surface area (Å²) in [6.45, 7) is 2.04. The standard InChI is InChI=1S/C22H20F4N6O4S/c1-11-18(20(34)29-13-5-4-6-14(9-13)37(35)32(3)17(33)10-27)21(31-30-19(11)22(24,25)26)36-15-7-8-16(23)28-12(15)2/h4-9H,10,27H2,1-3H3,(H,29,34). The molecule has 0 aliphatic rings. The van der Waals surface area contributed by atoms with Gasteiger partial charge in [-0.05, 0) is 43.7 Å². The molecule has 2 heterocycles. The van der Waals surface area contributed by atoms with E-state index in [1.54, 1.807) is 0 Å². The molecule has 1 unspecified atom stereocenters. The van der Waals surface area contributed by atoms with Gasteiger partial charge in [0.15, 0.2) is 16.3 Å². The first-order valence-corrected chi connectivity index (χ1v) is 11.5. The minimum atomic E-state index is -4.92. The van der Waals surface area contributed by atoms with Crippen LogP contribution in [0.25, 0.3) is 0 Å². The molecule has 0 fully saturated rings. The summed E-state index contributed by atoms with van der Waals surface area (Å²) in [7, 11) is 1.27. The Labute approximate surface area is 211 Å². The van der Waals surface area contributed by atoms with Crippen LogP contribution in [0.4, 0.5) is 23.2 Å². The first-order valence-electron chi connectivity index (χ1n) is 10.4. The van der Waals surface area contributed by atoms with Crippen molar-refractivity contribution in [3.05, 3.63) is 64.9 Å². The van der Waals surface area contributed by atoms with Gasteiger partial charge in [-0.2, -0.15) is 21.9 Å². The molecule has 0 bridgehead atoms. The molecule has 10 nitrogen and oxygen atoms in total. The van der Waals surface area contributed by atoms with Crippen molar-refractivity contribution in [2.24, 2.45) is 5.73 Å². The van der Waals surface area contributed by atoms with Crippen molar-refractivity contribution in [2.45, 2.75) is 24.9 Å². The van der Waals surface area contributed by atoms with E-state index in [9.17, 15) is 31.7 Å². The quantitative estimate of drug-likeness (QED) is 0.264. The number of alkyl halides is 3. The molecule has 0 aliphatic carbocycles. The van der Waals surface area contributed by atoms with Crippen LogP contribution >= 0.6 is 0 Å². The second kappa shape index (κ2) is 11.1. The molecule has 37 heavy (non-hydrogen) atoms. The zero-order chi connectivity index (χ0) is 27.5. The molecule has 2 aromatic heterocycles. The summed E-state index contributed by atoms with van der Waals surface area (Å²) < 4.78 is 72.9. The van der Waals surface area contributed by atoms with Gasteiger partial charge in [0.2, 0.25) is 5.95 Å². The Hall–Kier alpha value is -3.82. The molecule has 3 aromatic rings. The van der Waals surface area contributed by atoms with Crippen LogP contribution in [0.3, 0.4) is 0 Å². The summed E-state index contributed by atoms with van der Waals surface area (Å²) in [5.41, 5.74) is 2.82. The van der Waals surface area contributed by atoms with Crippen LogP contribution in [0, 0.1) is 19.8 Å².